The number of carbonyl (C=O) groups is 3. The number of halogens is 2. The van der Waals surface area contributed by atoms with Crippen molar-refractivity contribution in [1.82, 2.24) is 15.8 Å². The van der Waals surface area contributed by atoms with Crippen molar-refractivity contribution in [2.24, 2.45) is 0 Å². The molecule has 2 heterocycles. The Bertz CT molecular complexity index is 825. The van der Waals surface area contributed by atoms with Gasteiger partial charge in [-0.3, -0.25) is 23.9 Å². The van der Waals surface area contributed by atoms with Crippen molar-refractivity contribution in [2.45, 2.75) is 25.9 Å². The first-order valence-corrected chi connectivity index (χ1v) is 10.3. The molecule has 0 radical (unpaired) electrons. The standard InChI is InChI=1S/C20H27F2N5O4/c1-14(28)23-12-16-13-26(20(30)31-16)15-4-5-18(17(22)11-15)25-8-7-24-27(10-9-25)19(29)3-2-6-21/h4-5,11,16,24H,2-3,6-10,12-13H2,1H3,(H,23,28)/t16-/m0/s1. The average Bonchev–Trinajstić information content (AvgIpc) is 2.95. The van der Waals surface area contributed by atoms with Gasteiger partial charge in [-0.05, 0) is 24.6 Å². The lowest BCUT2D eigenvalue weighted by Gasteiger charge is -2.24. The van der Waals surface area contributed by atoms with Gasteiger partial charge in [-0.1, -0.05) is 0 Å². The first kappa shape index (κ1) is 22.7. The number of rotatable bonds is 7. The molecule has 3 rings (SSSR count). The van der Waals surface area contributed by atoms with Gasteiger partial charge in [-0.15, -0.1) is 0 Å². The summed E-state index contributed by atoms with van der Waals surface area (Å²) in [7, 11) is 0. The van der Waals surface area contributed by atoms with E-state index in [2.05, 4.69) is 10.7 Å². The molecule has 2 aliphatic heterocycles. The number of carbonyl (C=O) groups excluding carboxylic acids is 3. The number of nitrogens with one attached hydrogen (secondary N) is 2. The Hall–Kier alpha value is -2.95. The van der Waals surface area contributed by atoms with Crippen LogP contribution in [0.15, 0.2) is 18.2 Å². The van der Waals surface area contributed by atoms with Crippen molar-refractivity contribution < 1.29 is 27.9 Å². The van der Waals surface area contributed by atoms with Crippen LogP contribution < -0.4 is 20.5 Å². The number of ether oxygens (including phenoxy) is 1. The fourth-order valence-electron chi connectivity index (χ4n) is 3.55. The molecule has 2 aliphatic rings. The number of hydrogen-bond acceptors (Lipinski definition) is 6. The number of cyclic esters (lactones) is 1. The summed E-state index contributed by atoms with van der Waals surface area (Å²) in [4.78, 5) is 38.4. The highest BCUT2D eigenvalue weighted by Gasteiger charge is 2.33. The van der Waals surface area contributed by atoms with Crippen LogP contribution in [0.3, 0.4) is 0 Å². The smallest absolute Gasteiger partial charge is 0.414 e. The minimum atomic E-state index is -0.594. The summed E-state index contributed by atoms with van der Waals surface area (Å²) in [5, 5.41) is 4.05. The van der Waals surface area contributed by atoms with Gasteiger partial charge in [0.25, 0.3) is 0 Å². The van der Waals surface area contributed by atoms with Crippen molar-refractivity contribution in [2.75, 3.05) is 55.7 Å². The van der Waals surface area contributed by atoms with Gasteiger partial charge in [0, 0.05) is 33.0 Å². The largest absolute Gasteiger partial charge is 0.442 e. The number of amides is 3. The second-order valence-corrected chi connectivity index (χ2v) is 7.42. The lowest BCUT2D eigenvalue weighted by atomic mass is 10.2. The Balaban J connectivity index is 1.62. The Kier molecular flexibility index (Phi) is 7.61. The van der Waals surface area contributed by atoms with Gasteiger partial charge in [0.2, 0.25) is 11.8 Å². The van der Waals surface area contributed by atoms with Crippen molar-refractivity contribution >= 4 is 29.3 Å². The highest BCUT2D eigenvalue weighted by Crippen LogP contribution is 2.28. The van der Waals surface area contributed by atoms with Crippen molar-refractivity contribution in [1.29, 1.82) is 0 Å². The SMILES string of the molecule is CC(=O)NC[C@H]1CN(c2ccc(N3CCNN(C(=O)CCCF)CC3)c(F)c2)C(=O)O1. The highest BCUT2D eigenvalue weighted by molar-refractivity contribution is 5.90. The quantitative estimate of drug-likeness (QED) is 0.663. The zero-order valence-electron chi connectivity index (χ0n) is 17.4. The fraction of sp³-hybridized carbons (Fsp3) is 0.550. The molecule has 3 amide bonds. The molecule has 2 fully saturated rings. The van der Waals surface area contributed by atoms with E-state index < -0.39 is 24.7 Å². The maximum atomic E-state index is 14.9. The van der Waals surface area contributed by atoms with E-state index >= 15 is 0 Å². The van der Waals surface area contributed by atoms with Gasteiger partial charge in [0.1, 0.15) is 11.9 Å². The molecule has 1 aromatic carbocycles. The van der Waals surface area contributed by atoms with Crippen molar-refractivity contribution in [3.05, 3.63) is 24.0 Å². The summed E-state index contributed by atoms with van der Waals surface area (Å²) in [5.74, 6) is -0.899. The van der Waals surface area contributed by atoms with Crippen LogP contribution in [0.2, 0.25) is 0 Å². The van der Waals surface area contributed by atoms with E-state index in [-0.39, 0.29) is 37.7 Å². The summed E-state index contributed by atoms with van der Waals surface area (Å²) < 4.78 is 32.4. The van der Waals surface area contributed by atoms with Crippen LogP contribution in [0.1, 0.15) is 19.8 Å². The van der Waals surface area contributed by atoms with E-state index in [1.54, 1.807) is 12.1 Å². The summed E-state index contributed by atoms with van der Waals surface area (Å²) in [6.45, 7) is 2.91. The zero-order chi connectivity index (χ0) is 22.4. The van der Waals surface area contributed by atoms with E-state index in [1.807, 2.05) is 4.90 Å². The predicted molar refractivity (Wildman–Crippen MR) is 110 cm³/mol. The second kappa shape index (κ2) is 10.4. The third-order valence-corrected chi connectivity index (χ3v) is 5.14. The molecule has 0 spiro atoms. The lowest BCUT2D eigenvalue weighted by Crippen LogP contribution is -2.43. The maximum absolute atomic E-state index is 14.9. The summed E-state index contributed by atoms with van der Waals surface area (Å²) in [6.07, 6.45) is -0.788. The second-order valence-electron chi connectivity index (χ2n) is 7.42. The average molecular weight is 439 g/mol. The minimum Gasteiger partial charge on any atom is -0.442 e. The molecule has 0 saturated carbocycles. The number of benzene rings is 1. The Labute approximate surface area is 179 Å². The van der Waals surface area contributed by atoms with Gasteiger partial charge < -0.3 is 15.0 Å². The highest BCUT2D eigenvalue weighted by atomic mass is 19.1. The van der Waals surface area contributed by atoms with Crippen LogP contribution in [-0.4, -0.2) is 75.0 Å². The van der Waals surface area contributed by atoms with E-state index in [0.717, 1.165) is 0 Å². The summed E-state index contributed by atoms with van der Waals surface area (Å²) in [5.41, 5.74) is 3.73. The lowest BCUT2D eigenvalue weighted by molar-refractivity contribution is -0.134. The number of anilines is 2. The maximum Gasteiger partial charge on any atom is 0.414 e. The fourth-order valence-corrected chi connectivity index (χ4v) is 3.55. The Morgan fingerprint density at radius 1 is 1.29 bits per heavy atom. The third-order valence-electron chi connectivity index (χ3n) is 5.14. The molecule has 1 aromatic rings. The third kappa shape index (κ3) is 5.81. The Morgan fingerprint density at radius 2 is 2.10 bits per heavy atom. The number of hydrogen-bond donors (Lipinski definition) is 2. The molecule has 0 aliphatic carbocycles. The summed E-state index contributed by atoms with van der Waals surface area (Å²) >= 11 is 0. The molecule has 2 saturated heterocycles. The van der Waals surface area contributed by atoms with E-state index in [0.29, 0.717) is 37.6 Å². The molecular formula is C20H27F2N5O4. The molecule has 31 heavy (non-hydrogen) atoms. The Morgan fingerprint density at radius 3 is 2.81 bits per heavy atom. The first-order valence-electron chi connectivity index (χ1n) is 10.3. The van der Waals surface area contributed by atoms with Crippen molar-refractivity contribution in [3.8, 4) is 0 Å². The van der Waals surface area contributed by atoms with Crippen LogP contribution in [0.5, 0.6) is 0 Å². The van der Waals surface area contributed by atoms with Crippen LogP contribution in [0.25, 0.3) is 0 Å². The molecule has 0 unspecified atom stereocenters. The molecule has 1 atom stereocenters. The topological polar surface area (TPSA) is 94.2 Å². The van der Waals surface area contributed by atoms with Gasteiger partial charge in [0.05, 0.1) is 37.7 Å². The molecule has 11 heteroatoms. The van der Waals surface area contributed by atoms with Gasteiger partial charge >= 0.3 is 6.09 Å². The molecule has 9 nitrogen and oxygen atoms in total. The van der Waals surface area contributed by atoms with Gasteiger partial charge in [-0.2, -0.15) is 0 Å². The molecule has 2 N–H and O–H groups in total. The molecule has 0 bridgehead atoms. The van der Waals surface area contributed by atoms with Crippen molar-refractivity contribution in [3.63, 3.8) is 0 Å². The number of alkyl halides is 1. The minimum absolute atomic E-state index is 0.126. The predicted octanol–water partition coefficient (Wildman–Crippen LogP) is 1.19. The monoisotopic (exact) mass is 439 g/mol. The number of hydrazine groups is 1. The molecule has 0 aromatic heterocycles. The van der Waals surface area contributed by atoms with Crippen LogP contribution in [-0.2, 0) is 14.3 Å². The molecular weight excluding hydrogens is 412 g/mol. The van der Waals surface area contributed by atoms with Gasteiger partial charge in [0.15, 0.2) is 0 Å². The van der Waals surface area contributed by atoms with E-state index in [9.17, 15) is 23.2 Å². The van der Waals surface area contributed by atoms with Crippen LogP contribution in [0.4, 0.5) is 25.0 Å². The zero-order valence-corrected chi connectivity index (χ0v) is 17.4. The van der Waals surface area contributed by atoms with Gasteiger partial charge in [-0.25, -0.2) is 14.6 Å². The van der Waals surface area contributed by atoms with Crippen LogP contribution >= 0.6 is 0 Å². The summed E-state index contributed by atoms with van der Waals surface area (Å²) in [6, 6.07) is 4.52. The number of nitrogens with zero attached hydrogens (tertiary/aromatic N) is 3. The van der Waals surface area contributed by atoms with E-state index in [1.165, 1.54) is 22.9 Å². The normalized spacial score (nSPS) is 19.3. The molecule has 170 valence electrons. The first-order chi connectivity index (χ1) is 14.9. The van der Waals surface area contributed by atoms with E-state index in [4.69, 9.17) is 4.74 Å². The van der Waals surface area contributed by atoms with Crippen LogP contribution in [0, 0.1) is 5.82 Å².